The standard InChI is InChI=1S/C20H25ClN2O4S/c1-15(2)12-22-20(24)14-27-18-10-8-17(9-11-18)23(28(3,25)26)13-16-6-4-5-7-19(16)21/h4-11,15H,12-14H2,1-3H3,(H,22,24). The van der Waals surface area contributed by atoms with Crippen molar-refractivity contribution in [1.29, 1.82) is 0 Å². The van der Waals surface area contributed by atoms with E-state index in [1.54, 1.807) is 42.5 Å². The van der Waals surface area contributed by atoms with Gasteiger partial charge in [0.25, 0.3) is 5.91 Å². The minimum atomic E-state index is -3.52. The number of rotatable bonds is 9. The van der Waals surface area contributed by atoms with Crippen LogP contribution in [0.1, 0.15) is 19.4 Å². The molecule has 1 amide bonds. The SMILES string of the molecule is CC(C)CNC(=O)COc1ccc(N(Cc2ccccc2Cl)S(C)(=O)=O)cc1. The van der Waals surface area contributed by atoms with Crippen molar-refractivity contribution < 1.29 is 17.9 Å². The van der Waals surface area contributed by atoms with Gasteiger partial charge in [0.2, 0.25) is 10.0 Å². The fourth-order valence-corrected chi connectivity index (χ4v) is 3.48. The smallest absolute Gasteiger partial charge is 0.257 e. The molecule has 1 N–H and O–H groups in total. The normalized spacial score (nSPS) is 11.3. The molecule has 0 aliphatic heterocycles. The number of ether oxygens (including phenoxy) is 1. The summed E-state index contributed by atoms with van der Waals surface area (Å²) in [5.41, 5.74) is 1.19. The average Bonchev–Trinajstić information content (AvgIpc) is 2.63. The first-order valence-corrected chi connectivity index (χ1v) is 11.1. The monoisotopic (exact) mass is 424 g/mol. The summed E-state index contributed by atoms with van der Waals surface area (Å²) >= 11 is 6.17. The van der Waals surface area contributed by atoms with Gasteiger partial charge in [-0.05, 0) is 41.8 Å². The molecule has 2 aromatic carbocycles. The molecule has 0 spiro atoms. The third-order valence-electron chi connectivity index (χ3n) is 3.87. The lowest BCUT2D eigenvalue weighted by Gasteiger charge is -2.23. The van der Waals surface area contributed by atoms with Crippen molar-refractivity contribution in [3.8, 4) is 5.75 Å². The Balaban J connectivity index is 2.08. The number of carbonyl (C=O) groups excluding carboxylic acids is 1. The van der Waals surface area contributed by atoms with Crippen molar-refractivity contribution in [2.75, 3.05) is 23.7 Å². The van der Waals surface area contributed by atoms with Crippen LogP contribution in [0.5, 0.6) is 5.75 Å². The number of carbonyl (C=O) groups is 1. The van der Waals surface area contributed by atoms with Crippen LogP contribution in [0, 0.1) is 5.92 Å². The Kier molecular flexibility index (Phi) is 7.71. The molecular weight excluding hydrogens is 400 g/mol. The number of benzene rings is 2. The lowest BCUT2D eigenvalue weighted by Crippen LogP contribution is -2.31. The second-order valence-corrected chi connectivity index (χ2v) is 9.16. The fraction of sp³-hybridized carbons (Fsp3) is 0.350. The van der Waals surface area contributed by atoms with Crippen LogP contribution in [0.2, 0.25) is 5.02 Å². The molecule has 8 heteroatoms. The van der Waals surface area contributed by atoms with Crippen LogP contribution in [0.4, 0.5) is 5.69 Å². The maximum atomic E-state index is 12.3. The molecule has 0 bridgehead atoms. The Morgan fingerprint density at radius 1 is 1.14 bits per heavy atom. The van der Waals surface area contributed by atoms with Gasteiger partial charge >= 0.3 is 0 Å². The third-order valence-corrected chi connectivity index (χ3v) is 5.38. The lowest BCUT2D eigenvalue weighted by molar-refractivity contribution is -0.123. The topological polar surface area (TPSA) is 75.7 Å². The average molecular weight is 425 g/mol. The Bertz CT molecular complexity index is 899. The number of anilines is 1. The van der Waals surface area contributed by atoms with Crippen molar-refractivity contribution >= 4 is 33.2 Å². The molecule has 6 nitrogen and oxygen atoms in total. The number of nitrogens with zero attached hydrogens (tertiary/aromatic N) is 1. The van der Waals surface area contributed by atoms with E-state index in [-0.39, 0.29) is 19.1 Å². The molecule has 152 valence electrons. The molecule has 28 heavy (non-hydrogen) atoms. The van der Waals surface area contributed by atoms with Gasteiger partial charge in [-0.3, -0.25) is 9.10 Å². The van der Waals surface area contributed by atoms with E-state index in [0.29, 0.717) is 34.5 Å². The number of hydrogen-bond acceptors (Lipinski definition) is 4. The maximum absolute atomic E-state index is 12.3. The van der Waals surface area contributed by atoms with E-state index in [0.717, 1.165) is 6.26 Å². The van der Waals surface area contributed by atoms with Gasteiger partial charge < -0.3 is 10.1 Å². The van der Waals surface area contributed by atoms with E-state index in [1.165, 1.54) is 4.31 Å². The predicted octanol–water partition coefficient (Wildman–Crippen LogP) is 3.46. The number of hydrogen-bond donors (Lipinski definition) is 1. The summed E-state index contributed by atoms with van der Waals surface area (Å²) in [6.45, 7) is 4.64. The molecule has 0 unspecified atom stereocenters. The molecule has 0 heterocycles. The Labute approximate surface area is 171 Å². The van der Waals surface area contributed by atoms with Gasteiger partial charge in [0.05, 0.1) is 18.5 Å². The zero-order valence-electron chi connectivity index (χ0n) is 16.2. The van der Waals surface area contributed by atoms with Crippen LogP contribution in [0.15, 0.2) is 48.5 Å². The zero-order chi connectivity index (χ0) is 20.7. The molecule has 0 aliphatic rings. The van der Waals surface area contributed by atoms with Crippen molar-refractivity contribution in [3.05, 3.63) is 59.1 Å². The first kappa shape index (κ1) is 22.0. The van der Waals surface area contributed by atoms with Gasteiger partial charge in [-0.2, -0.15) is 0 Å². The van der Waals surface area contributed by atoms with Gasteiger partial charge in [-0.15, -0.1) is 0 Å². The van der Waals surface area contributed by atoms with E-state index in [9.17, 15) is 13.2 Å². The highest BCUT2D eigenvalue weighted by Crippen LogP contribution is 2.26. The predicted molar refractivity (Wildman–Crippen MR) is 112 cm³/mol. The highest BCUT2D eigenvalue weighted by atomic mass is 35.5. The van der Waals surface area contributed by atoms with E-state index in [2.05, 4.69) is 5.32 Å². The van der Waals surface area contributed by atoms with E-state index < -0.39 is 10.0 Å². The maximum Gasteiger partial charge on any atom is 0.257 e. The van der Waals surface area contributed by atoms with Crippen molar-refractivity contribution in [2.45, 2.75) is 20.4 Å². The molecule has 0 radical (unpaired) electrons. The molecule has 2 aromatic rings. The van der Waals surface area contributed by atoms with Gasteiger partial charge in [0, 0.05) is 11.6 Å². The zero-order valence-corrected chi connectivity index (χ0v) is 17.8. The summed E-state index contributed by atoms with van der Waals surface area (Å²) in [5.74, 6) is 0.646. The molecule has 0 fully saturated rings. The first-order valence-electron chi connectivity index (χ1n) is 8.87. The van der Waals surface area contributed by atoms with Crippen LogP contribution < -0.4 is 14.4 Å². The van der Waals surface area contributed by atoms with Crippen molar-refractivity contribution in [3.63, 3.8) is 0 Å². The molecule has 0 aromatic heterocycles. The third kappa shape index (κ3) is 6.73. The summed E-state index contributed by atoms with van der Waals surface area (Å²) < 4.78 is 31.3. The van der Waals surface area contributed by atoms with Gasteiger partial charge in [0.15, 0.2) is 6.61 Å². The lowest BCUT2D eigenvalue weighted by atomic mass is 10.2. The van der Waals surface area contributed by atoms with Crippen LogP contribution >= 0.6 is 11.6 Å². The quantitative estimate of drug-likeness (QED) is 0.668. The molecule has 0 aliphatic carbocycles. The highest BCUT2D eigenvalue weighted by molar-refractivity contribution is 7.92. The van der Waals surface area contributed by atoms with Gasteiger partial charge in [-0.25, -0.2) is 8.42 Å². The Morgan fingerprint density at radius 3 is 2.36 bits per heavy atom. The van der Waals surface area contributed by atoms with E-state index in [4.69, 9.17) is 16.3 Å². The molecule has 0 saturated heterocycles. The molecule has 0 saturated carbocycles. The minimum Gasteiger partial charge on any atom is -0.484 e. The van der Waals surface area contributed by atoms with Crippen LogP contribution in [0.3, 0.4) is 0 Å². The molecule has 2 rings (SSSR count). The summed E-state index contributed by atoms with van der Waals surface area (Å²) in [6.07, 6.45) is 1.15. The van der Waals surface area contributed by atoms with Crippen LogP contribution in [0.25, 0.3) is 0 Å². The fourth-order valence-electron chi connectivity index (χ4n) is 2.41. The second kappa shape index (κ2) is 9.80. The van der Waals surface area contributed by atoms with Crippen LogP contribution in [-0.4, -0.2) is 33.7 Å². The Hall–Kier alpha value is -2.25. The number of halogens is 1. The van der Waals surface area contributed by atoms with Crippen molar-refractivity contribution in [1.82, 2.24) is 5.32 Å². The summed E-state index contributed by atoms with van der Waals surface area (Å²) in [5, 5.41) is 3.27. The van der Waals surface area contributed by atoms with E-state index >= 15 is 0 Å². The van der Waals surface area contributed by atoms with Crippen LogP contribution in [-0.2, 0) is 21.4 Å². The number of sulfonamides is 1. The van der Waals surface area contributed by atoms with Crippen molar-refractivity contribution in [2.24, 2.45) is 5.92 Å². The Morgan fingerprint density at radius 2 is 1.79 bits per heavy atom. The number of nitrogens with one attached hydrogen (secondary N) is 1. The van der Waals surface area contributed by atoms with Gasteiger partial charge in [-0.1, -0.05) is 43.6 Å². The molecular formula is C20H25ClN2O4S. The van der Waals surface area contributed by atoms with Gasteiger partial charge in [0.1, 0.15) is 5.75 Å². The minimum absolute atomic E-state index is 0.0958. The number of amides is 1. The highest BCUT2D eigenvalue weighted by Gasteiger charge is 2.19. The summed E-state index contributed by atoms with van der Waals surface area (Å²) in [4.78, 5) is 11.7. The summed E-state index contributed by atoms with van der Waals surface area (Å²) in [7, 11) is -3.52. The summed E-state index contributed by atoms with van der Waals surface area (Å²) in [6, 6.07) is 13.7. The molecule has 0 atom stereocenters. The largest absolute Gasteiger partial charge is 0.484 e. The van der Waals surface area contributed by atoms with E-state index in [1.807, 2.05) is 19.9 Å². The first-order chi connectivity index (χ1) is 13.2. The second-order valence-electron chi connectivity index (χ2n) is 6.84.